The van der Waals surface area contributed by atoms with E-state index < -0.39 is 5.97 Å². The third kappa shape index (κ3) is 4.05. The number of piperidine rings is 1. The number of ketones is 1. The van der Waals surface area contributed by atoms with Gasteiger partial charge < -0.3 is 14.6 Å². The number of rotatable bonds is 5. The minimum Gasteiger partial charge on any atom is -0.465 e. The van der Waals surface area contributed by atoms with Gasteiger partial charge in [-0.3, -0.25) is 4.79 Å². The number of ether oxygens (including phenoxy) is 1. The van der Waals surface area contributed by atoms with Gasteiger partial charge in [0.05, 0.1) is 29.4 Å². The molecular weight excluding hydrogens is 397 g/mol. The number of esters is 1. The molecule has 1 aliphatic rings. The predicted molar refractivity (Wildman–Crippen MR) is 103 cm³/mol. The molecule has 6 nitrogen and oxygen atoms in total. The van der Waals surface area contributed by atoms with Crippen LogP contribution in [0.4, 0.5) is 5.13 Å². The van der Waals surface area contributed by atoms with Gasteiger partial charge in [0.2, 0.25) is 0 Å². The molecule has 140 valence electrons. The topological polar surface area (TPSA) is 75.3 Å². The highest BCUT2D eigenvalue weighted by atomic mass is 35.5. The van der Waals surface area contributed by atoms with Gasteiger partial charge in [0.15, 0.2) is 10.9 Å². The Morgan fingerprint density at radius 3 is 2.88 bits per heavy atom. The van der Waals surface area contributed by atoms with E-state index in [1.807, 2.05) is 11.8 Å². The fraction of sp³-hybridized carbons (Fsp3) is 0.471. The monoisotopic (exact) mass is 415 g/mol. The second-order valence-corrected chi connectivity index (χ2v) is 8.27. The number of halogens is 2. The van der Waals surface area contributed by atoms with E-state index in [1.54, 1.807) is 6.07 Å². The Labute approximate surface area is 165 Å². The zero-order valence-corrected chi connectivity index (χ0v) is 16.7. The maximum Gasteiger partial charge on any atom is 0.349 e. The van der Waals surface area contributed by atoms with E-state index in [2.05, 4.69) is 9.97 Å². The Morgan fingerprint density at radius 1 is 1.50 bits per heavy atom. The number of hydrogen-bond donors (Lipinski definition) is 1. The third-order valence-corrected chi connectivity index (χ3v) is 6.45. The Morgan fingerprint density at radius 2 is 2.27 bits per heavy atom. The molecule has 1 fully saturated rings. The molecule has 2 aromatic rings. The second kappa shape index (κ2) is 7.98. The van der Waals surface area contributed by atoms with Gasteiger partial charge in [-0.2, -0.15) is 0 Å². The molecule has 1 N–H and O–H groups in total. The molecule has 1 saturated heterocycles. The van der Waals surface area contributed by atoms with Crippen LogP contribution in [0.3, 0.4) is 0 Å². The van der Waals surface area contributed by atoms with Gasteiger partial charge in [0.25, 0.3) is 0 Å². The summed E-state index contributed by atoms with van der Waals surface area (Å²) in [6.07, 6.45) is 2.67. The summed E-state index contributed by atoms with van der Waals surface area (Å²) in [5, 5.41) is 1.13. The number of thiazole rings is 1. The molecule has 2 atom stereocenters. The predicted octanol–water partition coefficient (Wildman–Crippen LogP) is 3.93. The molecule has 0 aliphatic carbocycles. The zero-order valence-electron chi connectivity index (χ0n) is 14.4. The van der Waals surface area contributed by atoms with Crippen LogP contribution in [0.2, 0.25) is 5.02 Å². The number of H-pyrrole nitrogens is 1. The average molecular weight is 416 g/mol. The van der Waals surface area contributed by atoms with Gasteiger partial charge in [0, 0.05) is 25.2 Å². The van der Waals surface area contributed by atoms with Crippen LogP contribution in [0.25, 0.3) is 0 Å². The number of aromatic nitrogens is 2. The van der Waals surface area contributed by atoms with Crippen molar-refractivity contribution in [3.8, 4) is 0 Å². The second-order valence-electron chi connectivity index (χ2n) is 6.29. The van der Waals surface area contributed by atoms with E-state index >= 15 is 0 Å². The van der Waals surface area contributed by atoms with Crippen molar-refractivity contribution in [2.24, 2.45) is 5.92 Å². The molecule has 0 amide bonds. The van der Waals surface area contributed by atoms with Crippen molar-refractivity contribution in [3.05, 3.63) is 33.6 Å². The first-order chi connectivity index (χ1) is 12.4. The first kappa shape index (κ1) is 19.2. The molecule has 2 aromatic heterocycles. The van der Waals surface area contributed by atoms with Crippen molar-refractivity contribution in [2.75, 3.05) is 25.1 Å². The normalized spacial score (nSPS) is 20.2. The number of Topliss-reactive ketones (excluding diaryl/α,β-unsaturated/α-hetero) is 1. The van der Waals surface area contributed by atoms with Crippen LogP contribution in [0, 0.1) is 12.8 Å². The summed E-state index contributed by atoms with van der Waals surface area (Å²) < 4.78 is 4.71. The highest BCUT2D eigenvalue weighted by Gasteiger charge is 2.31. The summed E-state index contributed by atoms with van der Waals surface area (Å²) in [6.45, 7) is 3.15. The van der Waals surface area contributed by atoms with Crippen LogP contribution in [0.5, 0.6) is 0 Å². The average Bonchev–Trinajstić information content (AvgIpc) is 3.23. The van der Waals surface area contributed by atoms with E-state index in [0.29, 0.717) is 28.6 Å². The standard InChI is InChI=1S/C17H19Cl2N3O3S/c1-9-11(18)6-13(21-9)14(23)5-10-3-4-22(8-12(10)19)17-20-7-15(26-17)16(24)25-2/h6-7,10,12,21H,3-5,8H2,1-2H3. The Kier molecular flexibility index (Phi) is 5.89. The largest absolute Gasteiger partial charge is 0.465 e. The Bertz CT molecular complexity index is 801. The lowest BCUT2D eigenvalue weighted by Gasteiger charge is -2.35. The lowest BCUT2D eigenvalue weighted by molar-refractivity contribution is 0.0606. The van der Waals surface area contributed by atoms with Gasteiger partial charge in [-0.25, -0.2) is 9.78 Å². The minimum absolute atomic E-state index is 0.0197. The van der Waals surface area contributed by atoms with E-state index in [1.165, 1.54) is 24.6 Å². The number of aryl methyl sites for hydroxylation is 1. The Hall–Kier alpha value is -1.57. The molecule has 3 rings (SSSR count). The van der Waals surface area contributed by atoms with Crippen molar-refractivity contribution in [3.63, 3.8) is 0 Å². The smallest absolute Gasteiger partial charge is 0.349 e. The molecule has 0 bridgehead atoms. The number of aromatic amines is 1. The van der Waals surface area contributed by atoms with Crippen molar-refractivity contribution < 1.29 is 14.3 Å². The Balaban J connectivity index is 1.60. The van der Waals surface area contributed by atoms with Crippen molar-refractivity contribution in [1.82, 2.24) is 9.97 Å². The van der Waals surface area contributed by atoms with Gasteiger partial charge >= 0.3 is 5.97 Å². The van der Waals surface area contributed by atoms with Crippen LogP contribution in [-0.2, 0) is 4.74 Å². The molecule has 2 unspecified atom stereocenters. The number of alkyl halides is 1. The molecule has 26 heavy (non-hydrogen) atoms. The first-order valence-electron chi connectivity index (χ1n) is 8.20. The summed E-state index contributed by atoms with van der Waals surface area (Å²) >= 11 is 13.8. The van der Waals surface area contributed by atoms with E-state index in [0.717, 1.165) is 23.8 Å². The minimum atomic E-state index is -0.392. The summed E-state index contributed by atoms with van der Waals surface area (Å²) in [7, 11) is 1.35. The highest BCUT2D eigenvalue weighted by molar-refractivity contribution is 7.17. The quantitative estimate of drug-likeness (QED) is 0.454. The SMILES string of the molecule is COC(=O)c1cnc(N2CCC(CC(=O)c3cc(Cl)c(C)[nH]3)C(Cl)C2)s1. The lowest BCUT2D eigenvalue weighted by atomic mass is 9.90. The number of carbonyl (C=O) groups is 2. The van der Waals surface area contributed by atoms with E-state index in [-0.39, 0.29) is 17.1 Å². The van der Waals surface area contributed by atoms with Gasteiger partial charge in [0.1, 0.15) is 4.88 Å². The van der Waals surface area contributed by atoms with Crippen molar-refractivity contribution >= 4 is 51.4 Å². The highest BCUT2D eigenvalue weighted by Crippen LogP contribution is 2.32. The number of carbonyl (C=O) groups excluding carboxylic acids is 2. The fourth-order valence-electron chi connectivity index (χ4n) is 2.99. The van der Waals surface area contributed by atoms with Crippen molar-refractivity contribution in [1.29, 1.82) is 0 Å². The summed E-state index contributed by atoms with van der Waals surface area (Å²) in [4.78, 5) is 33.8. The number of hydrogen-bond acceptors (Lipinski definition) is 6. The molecule has 0 spiro atoms. The van der Waals surface area contributed by atoms with Crippen LogP contribution < -0.4 is 4.90 Å². The molecule has 3 heterocycles. The molecule has 0 aromatic carbocycles. The molecule has 0 saturated carbocycles. The van der Waals surface area contributed by atoms with Gasteiger partial charge in [-0.15, -0.1) is 11.6 Å². The van der Waals surface area contributed by atoms with Crippen LogP contribution in [0.15, 0.2) is 12.3 Å². The molecule has 0 radical (unpaired) electrons. The number of methoxy groups -OCH3 is 1. The summed E-state index contributed by atoms with van der Waals surface area (Å²) in [6, 6.07) is 1.67. The lowest BCUT2D eigenvalue weighted by Crippen LogP contribution is -2.42. The number of nitrogens with one attached hydrogen (secondary N) is 1. The van der Waals surface area contributed by atoms with Crippen molar-refractivity contribution in [2.45, 2.75) is 25.1 Å². The number of nitrogens with zero attached hydrogens (tertiary/aromatic N) is 2. The van der Waals surface area contributed by atoms with E-state index in [4.69, 9.17) is 27.9 Å². The zero-order chi connectivity index (χ0) is 18.8. The maximum absolute atomic E-state index is 12.5. The third-order valence-electron chi connectivity index (χ3n) is 4.53. The summed E-state index contributed by atoms with van der Waals surface area (Å²) in [5.74, 6) is -0.286. The first-order valence-corrected chi connectivity index (χ1v) is 9.83. The van der Waals surface area contributed by atoms with Gasteiger partial charge in [-0.1, -0.05) is 22.9 Å². The molecule has 9 heteroatoms. The van der Waals surface area contributed by atoms with Gasteiger partial charge in [-0.05, 0) is 25.3 Å². The summed E-state index contributed by atoms with van der Waals surface area (Å²) in [5.41, 5.74) is 1.32. The molecular formula is C17H19Cl2N3O3S. The maximum atomic E-state index is 12.5. The van der Waals surface area contributed by atoms with Crippen LogP contribution in [0.1, 0.15) is 38.7 Å². The van der Waals surface area contributed by atoms with Crippen LogP contribution in [-0.4, -0.2) is 47.3 Å². The fourth-order valence-corrected chi connectivity index (χ4v) is 4.40. The molecule has 1 aliphatic heterocycles. The van der Waals surface area contributed by atoms with E-state index in [9.17, 15) is 9.59 Å². The number of anilines is 1. The van der Waals surface area contributed by atoms with Crippen LogP contribution >= 0.6 is 34.5 Å².